The zero-order chi connectivity index (χ0) is 32.1. The number of aryl methyl sites for hydroxylation is 1. The average molecular weight is 678 g/mol. The van der Waals surface area contributed by atoms with Crippen molar-refractivity contribution < 1.29 is 13.2 Å². The van der Waals surface area contributed by atoms with E-state index in [1.54, 1.807) is 11.3 Å². The molecular formula is C35H40ClN5O3S2. The molecule has 2 aliphatic heterocycles. The van der Waals surface area contributed by atoms with Crippen molar-refractivity contribution >= 4 is 33.0 Å². The summed E-state index contributed by atoms with van der Waals surface area (Å²) >= 11 is 8.38. The van der Waals surface area contributed by atoms with Gasteiger partial charge in [0, 0.05) is 91.1 Å². The van der Waals surface area contributed by atoms with E-state index in [1.807, 2.05) is 30.3 Å². The monoisotopic (exact) mass is 677 g/mol. The first-order valence-corrected chi connectivity index (χ1v) is 18.8. The molecular weight excluding hydrogens is 638 g/mol. The van der Waals surface area contributed by atoms with Gasteiger partial charge < -0.3 is 10.1 Å². The number of halogens is 1. The van der Waals surface area contributed by atoms with Crippen molar-refractivity contribution in [3.63, 3.8) is 0 Å². The first kappa shape index (κ1) is 32.9. The molecule has 4 heterocycles. The highest BCUT2D eigenvalue weighted by atomic mass is 35.5. The van der Waals surface area contributed by atoms with Crippen LogP contribution in [0.5, 0.6) is 0 Å². The second-order valence-electron chi connectivity index (χ2n) is 12.0. The smallest absolute Gasteiger partial charge is 0.211 e. The molecule has 0 unspecified atom stereocenters. The average Bonchev–Trinajstić information content (AvgIpc) is 3.70. The Kier molecular flexibility index (Phi) is 10.6. The third kappa shape index (κ3) is 8.09. The fourth-order valence-corrected chi connectivity index (χ4v) is 7.67. The number of aromatic nitrogens is 2. The maximum atomic E-state index is 12.5. The van der Waals surface area contributed by atoms with Crippen molar-refractivity contribution in [1.82, 2.24) is 24.3 Å². The molecule has 1 saturated heterocycles. The van der Waals surface area contributed by atoms with Crippen molar-refractivity contribution in [3.05, 3.63) is 97.8 Å². The number of thiophene rings is 1. The van der Waals surface area contributed by atoms with Gasteiger partial charge in [0.15, 0.2) is 0 Å². The predicted molar refractivity (Wildman–Crippen MR) is 185 cm³/mol. The minimum absolute atomic E-state index is 0.308. The van der Waals surface area contributed by atoms with Gasteiger partial charge in [-0.2, -0.15) is 9.40 Å². The van der Waals surface area contributed by atoms with Gasteiger partial charge in [-0.15, -0.1) is 11.3 Å². The molecule has 0 saturated carbocycles. The van der Waals surface area contributed by atoms with E-state index in [4.69, 9.17) is 21.4 Å². The number of nitrogens with one attached hydrogen (secondary N) is 1. The normalized spacial score (nSPS) is 17.4. The van der Waals surface area contributed by atoms with Crippen LogP contribution < -0.4 is 5.32 Å². The predicted octanol–water partition coefficient (Wildman–Crippen LogP) is 5.38. The summed E-state index contributed by atoms with van der Waals surface area (Å²) in [4.78, 5) is 3.78. The number of sulfonamides is 1. The van der Waals surface area contributed by atoms with Crippen molar-refractivity contribution in [1.29, 1.82) is 0 Å². The van der Waals surface area contributed by atoms with E-state index in [0.717, 1.165) is 80.4 Å². The lowest BCUT2D eigenvalue weighted by Gasteiger charge is -2.33. The molecule has 1 N–H and O–H groups in total. The number of hydrogen-bond donors (Lipinski definition) is 1. The lowest BCUT2D eigenvalue weighted by Crippen LogP contribution is -2.44. The highest BCUT2D eigenvalue weighted by Gasteiger charge is 2.30. The first-order valence-electron chi connectivity index (χ1n) is 15.7. The van der Waals surface area contributed by atoms with Crippen LogP contribution in [0.2, 0.25) is 5.02 Å². The number of hydrogen-bond acceptors (Lipinski definition) is 7. The Morgan fingerprint density at radius 3 is 2.70 bits per heavy atom. The number of nitrogens with zero attached hydrogens (tertiary/aromatic N) is 4. The molecule has 0 spiro atoms. The van der Waals surface area contributed by atoms with Gasteiger partial charge in [0.2, 0.25) is 10.0 Å². The van der Waals surface area contributed by atoms with Crippen LogP contribution in [0, 0.1) is 11.8 Å². The zero-order valence-electron chi connectivity index (χ0n) is 26.3. The standard InChI is InChI=1S/C35H40ClN5O3S2/c1-26-25-44-19-18-39(26)15-4-16-41-34-14-17-40(46(2,42)43)24-32(34)35(38-41)30-12-13-33(36)29(21-30)11-10-27-6-8-28(9-7-27)22-37-23-31-5-3-20-45-31/h3,5-9,12-13,20-21,26,37H,4,14-19,22-25H2,1-2H3/t26-/m0/s1. The highest BCUT2D eigenvalue weighted by molar-refractivity contribution is 7.88. The van der Waals surface area contributed by atoms with Crippen molar-refractivity contribution in [2.45, 2.75) is 52.0 Å². The van der Waals surface area contributed by atoms with Crippen LogP contribution in [0.4, 0.5) is 0 Å². The molecule has 11 heteroatoms. The summed E-state index contributed by atoms with van der Waals surface area (Å²) in [5.74, 6) is 6.53. The molecule has 1 fully saturated rings. The maximum absolute atomic E-state index is 12.5. The fourth-order valence-electron chi connectivity index (χ4n) is 6.04. The number of ether oxygens (including phenoxy) is 1. The van der Waals surface area contributed by atoms with Gasteiger partial charge in [-0.05, 0) is 54.6 Å². The maximum Gasteiger partial charge on any atom is 0.211 e. The van der Waals surface area contributed by atoms with Gasteiger partial charge in [0.05, 0.1) is 30.2 Å². The molecule has 1 atom stereocenters. The summed E-state index contributed by atoms with van der Waals surface area (Å²) in [5.41, 5.74) is 6.56. The fraction of sp³-hybridized carbons (Fsp3) is 0.400. The summed E-state index contributed by atoms with van der Waals surface area (Å²) in [5, 5.41) is 11.2. The van der Waals surface area contributed by atoms with Gasteiger partial charge in [-0.1, -0.05) is 47.7 Å². The Labute approximate surface area is 281 Å². The Morgan fingerprint density at radius 1 is 1.09 bits per heavy atom. The Hall–Kier alpha value is -3.01. The van der Waals surface area contributed by atoms with E-state index in [-0.39, 0.29) is 0 Å². The minimum atomic E-state index is -3.34. The first-order chi connectivity index (χ1) is 22.2. The Bertz CT molecular complexity index is 1810. The van der Waals surface area contributed by atoms with Gasteiger partial charge in [-0.3, -0.25) is 9.58 Å². The third-order valence-corrected chi connectivity index (χ3v) is 11.1. The topological polar surface area (TPSA) is 79.7 Å². The number of fused-ring (bicyclic) bond motifs is 1. The highest BCUT2D eigenvalue weighted by Crippen LogP contribution is 2.33. The van der Waals surface area contributed by atoms with Gasteiger partial charge >= 0.3 is 0 Å². The van der Waals surface area contributed by atoms with Crippen LogP contribution in [-0.4, -0.2) is 72.5 Å². The van der Waals surface area contributed by atoms with E-state index in [9.17, 15) is 8.42 Å². The summed E-state index contributed by atoms with van der Waals surface area (Å²) < 4.78 is 34.3. The van der Waals surface area contributed by atoms with Crippen molar-refractivity contribution in [2.24, 2.45) is 0 Å². The van der Waals surface area contributed by atoms with E-state index in [0.29, 0.717) is 36.1 Å². The van der Waals surface area contributed by atoms with Gasteiger partial charge in [0.25, 0.3) is 0 Å². The number of benzene rings is 2. The zero-order valence-corrected chi connectivity index (χ0v) is 28.7. The van der Waals surface area contributed by atoms with Crippen LogP contribution in [-0.2, 0) is 47.4 Å². The SMILES string of the molecule is C[C@H]1COCCN1CCCn1nc(-c2ccc(Cl)c(C#Cc3ccc(CNCc4cccs4)cc3)c2)c2c1CCN(S(C)(=O)=O)C2. The van der Waals surface area contributed by atoms with Crippen LogP contribution in [0.25, 0.3) is 11.3 Å². The molecule has 0 radical (unpaired) electrons. The molecule has 0 amide bonds. The van der Waals surface area contributed by atoms with E-state index < -0.39 is 10.0 Å². The van der Waals surface area contributed by atoms with Crippen LogP contribution in [0.15, 0.2) is 60.0 Å². The van der Waals surface area contributed by atoms with Gasteiger partial charge in [-0.25, -0.2) is 8.42 Å². The lowest BCUT2D eigenvalue weighted by molar-refractivity contribution is -0.00122. The van der Waals surface area contributed by atoms with Crippen molar-refractivity contribution in [2.75, 3.05) is 39.1 Å². The quantitative estimate of drug-likeness (QED) is 0.227. The molecule has 4 aromatic rings. The van der Waals surface area contributed by atoms with Crippen LogP contribution in [0.1, 0.15) is 46.2 Å². The van der Waals surface area contributed by atoms with E-state index in [1.165, 1.54) is 21.0 Å². The van der Waals surface area contributed by atoms with E-state index in [2.05, 4.69) is 63.3 Å². The molecule has 46 heavy (non-hydrogen) atoms. The minimum Gasteiger partial charge on any atom is -0.379 e. The number of rotatable bonds is 10. The molecule has 2 aromatic carbocycles. The molecule has 2 aliphatic rings. The molecule has 242 valence electrons. The molecule has 0 bridgehead atoms. The van der Waals surface area contributed by atoms with Crippen LogP contribution >= 0.6 is 22.9 Å². The third-order valence-electron chi connectivity index (χ3n) is 8.63. The Morgan fingerprint density at radius 2 is 1.93 bits per heavy atom. The molecule has 6 rings (SSSR count). The summed E-state index contributed by atoms with van der Waals surface area (Å²) in [6.45, 7) is 8.84. The summed E-state index contributed by atoms with van der Waals surface area (Å²) in [6, 6.07) is 18.6. The van der Waals surface area contributed by atoms with Crippen LogP contribution in [0.3, 0.4) is 0 Å². The van der Waals surface area contributed by atoms with Gasteiger partial charge in [0.1, 0.15) is 0 Å². The second-order valence-corrected chi connectivity index (χ2v) is 15.4. The lowest BCUT2D eigenvalue weighted by atomic mass is 10.0. The van der Waals surface area contributed by atoms with Crippen molar-refractivity contribution in [3.8, 4) is 23.1 Å². The molecule has 0 aliphatic carbocycles. The molecule has 8 nitrogen and oxygen atoms in total. The second kappa shape index (κ2) is 14.8. The number of morpholine rings is 1. The molecule has 2 aromatic heterocycles. The Balaban J connectivity index is 1.20. The largest absolute Gasteiger partial charge is 0.379 e. The van der Waals surface area contributed by atoms with E-state index >= 15 is 0 Å². The summed E-state index contributed by atoms with van der Waals surface area (Å²) in [7, 11) is -3.34. The summed E-state index contributed by atoms with van der Waals surface area (Å²) in [6.07, 6.45) is 2.85.